The van der Waals surface area contributed by atoms with E-state index in [0.717, 1.165) is 71.4 Å². The number of amides is 4. The lowest BCUT2D eigenvalue weighted by molar-refractivity contribution is -0.143. The third-order valence-electron chi connectivity index (χ3n) is 23.4. The monoisotopic (exact) mass is 1990 g/mol. The Morgan fingerprint density at radius 2 is 1.12 bits per heavy atom. The van der Waals surface area contributed by atoms with Gasteiger partial charge in [-0.1, -0.05) is 101 Å². The van der Waals surface area contributed by atoms with E-state index in [9.17, 15) is 57.2 Å². The minimum absolute atomic E-state index is 0. The van der Waals surface area contributed by atoms with E-state index in [4.69, 9.17) is 32.5 Å². The molecular weight excluding hydrogens is 1890 g/mol. The zero-order valence-corrected chi connectivity index (χ0v) is 79.3. The van der Waals surface area contributed by atoms with Crippen LogP contribution in [0.4, 0.5) is 48.4 Å². The number of ether oxygens (including phenoxy) is 1. The predicted octanol–water partition coefficient (Wildman–Crippen LogP) is 17.5. The van der Waals surface area contributed by atoms with Crippen LogP contribution in [0.3, 0.4) is 0 Å². The van der Waals surface area contributed by atoms with Crippen LogP contribution in [-0.2, 0) is 72.2 Å². The molecular formula is C93H98Cl2FN17O14S7. The number of benzene rings is 8. The highest BCUT2D eigenvalue weighted by molar-refractivity contribution is 7.93. The number of carbonyl (C=O) groups is 4. The number of rotatable bonds is 24. The second-order valence-corrected chi connectivity index (χ2v) is 42.0. The highest BCUT2D eigenvalue weighted by Gasteiger charge is 2.38. The number of aromatic nitrogens is 7. The quantitative estimate of drug-likeness (QED) is 0.0436. The molecule has 0 bridgehead atoms. The number of likely N-dealkylation sites (tertiary alicyclic amines) is 1. The van der Waals surface area contributed by atoms with Crippen LogP contribution in [0.1, 0.15) is 89.5 Å². The lowest BCUT2D eigenvalue weighted by Gasteiger charge is -2.37. The van der Waals surface area contributed by atoms with Crippen molar-refractivity contribution < 1.29 is 72.2 Å². The second-order valence-electron chi connectivity index (χ2n) is 31.8. The van der Waals surface area contributed by atoms with Gasteiger partial charge in [0.05, 0.1) is 48.2 Å². The number of fused-ring (bicyclic) bond motifs is 2. The minimum Gasteiger partial charge on any atom is -0.371 e. The van der Waals surface area contributed by atoms with Gasteiger partial charge in [-0.15, -0.1) is 34.0 Å². The topological polar surface area (TPSA) is 377 Å². The third-order valence-corrected chi connectivity index (χ3v) is 31.9. The van der Waals surface area contributed by atoms with Gasteiger partial charge in [0, 0.05) is 151 Å². The number of nitrogens with one attached hydrogen (secondary N) is 4. The molecule has 8 aromatic carbocycles. The molecule has 19 rings (SSSR count). The van der Waals surface area contributed by atoms with Crippen molar-refractivity contribution in [3.63, 3.8) is 0 Å². The van der Waals surface area contributed by atoms with E-state index in [2.05, 4.69) is 64.8 Å². The summed E-state index contributed by atoms with van der Waals surface area (Å²) in [5, 5.41) is 11.7. The fourth-order valence-corrected chi connectivity index (χ4v) is 23.3. The van der Waals surface area contributed by atoms with Crippen molar-refractivity contribution in [2.24, 2.45) is 5.92 Å². The van der Waals surface area contributed by atoms with Crippen molar-refractivity contribution in [1.82, 2.24) is 44.4 Å². The number of piperazine rings is 1. The van der Waals surface area contributed by atoms with E-state index in [0.29, 0.717) is 110 Å². The van der Waals surface area contributed by atoms with Gasteiger partial charge < -0.3 is 43.2 Å². The second kappa shape index (κ2) is 41.9. The van der Waals surface area contributed by atoms with E-state index in [-0.39, 0.29) is 94.5 Å². The van der Waals surface area contributed by atoms with Crippen LogP contribution in [0.2, 0.25) is 10.0 Å². The van der Waals surface area contributed by atoms with Gasteiger partial charge in [-0.3, -0.25) is 38.1 Å². The zero-order chi connectivity index (χ0) is 93.8. The molecule has 31 nitrogen and oxygen atoms in total. The minimum atomic E-state index is -3.74. The van der Waals surface area contributed by atoms with Gasteiger partial charge in [-0.2, -0.15) is 0 Å². The fourth-order valence-electron chi connectivity index (χ4n) is 16.5. The van der Waals surface area contributed by atoms with Crippen molar-refractivity contribution in [2.45, 2.75) is 96.6 Å². The number of carbonyl (C=O) groups excluding carboxylic acids is 4. The van der Waals surface area contributed by atoms with Crippen molar-refractivity contribution in [3.8, 4) is 11.3 Å². The number of halogens is 3. The number of hydrogen-bond acceptors (Lipinski definition) is 25. The van der Waals surface area contributed by atoms with Crippen LogP contribution < -0.4 is 38.5 Å². The molecule has 5 aliphatic rings. The number of nitrogens with zero attached hydrogens (tertiary/aromatic N) is 13. The lowest BCUT2D eigenvalue weighted by atomic mass is 9.89. The molecule has 0 radical (unpaired) electrons. The van der Waals surface area contributed by atoms with Gasteiger partial charge in [0.25, 0.3) is 51.9 Å². The average Bonchev–Trinajstić information content (AvgIpc) is 1.61. The van der Waals surface area contributed by atoms with E-state index in [1.807, 2.05) is 93.4 Å². The molecule has 702 valence electrons. The number of anilines is 8. The smallest absolute Gasteiger partial charge is 0.263 e. The summed E-state index contributed by atoms with van der Waals surface area (Å²) >= 11 is 16.1. The number of sulfonamides is 4. The first-order valence-electron chi connectivity index (χ1n) is 42.7. The maximum atomic E-state index is 14.5. The zero-order valence-electron chi connectivity index (χ0n) is 72.1. The molecule has 3 atom stereocenters. The van der Waals surface area contributed by atoms with Crippen LogP contribution in [-0.4, -0.2) is 173 Å². The molecule has 0 saturated carbocycles. The molecule has 4 fully saturated rings. The molecule has 0 aliphatic carbocycles. The van der Waals surface area contributed by atoms with Crippen molar-refractivity contribution in [2.75, 3.05) is 104 Å². The summed E-state index contributed by atoms with van der Waals surface area (Å²) in [6.07, 6.45) is 13.6. The Morgan fingerprint density at radius 1 is 0.560 bits per heavy atom. The maximum Gasteiger partial charge on any atom is 0.263 e. The highest BCUT2D eigenvalue weighted by Crippen LogP contribution is 2.40. The van der Waals surface area contributed by atoms with Crippen LogP contribution in [0.25, 0.3) is 22.2 Å². The third kappa shape index (κ3) is 22.2. The van der Waals surface area contributed by atoms with E-state index in [1.165, 1.54) is 101 Å². The number of para-hydroxylation sites is 1. The highest BCUT2D eigenvalue weighted by atomic mass is 35.5. The number of hydrogen-bond donors (Lipinski definition) is 4. The van der Waals surface area contributed by atoms with E-state index >= 15 is 0 Å². The summed E-state index contributed by atoms with van der Waals surface area (Å²) in [7, 11) is -14.9. The SMILES string of the molecule is CC(OCc1ccccc1)C(=O)N1CCN(c2ccc(S(=O)(=O)Nc3ccncn3)cc2)CC1.Cc1onc(-c2c(F)cccc2Cl)c1C(=O)N1CCC(c2ccc(S(=O)(=O)Nc3nccs3)cc2)CC1.O=C(C1CCN(c2ccc(S(=O)(=O)Nc3nccs3)cc2)C1)N1CCCc2ccccc21.O=C1[C@@H](n2ccc3c(Cl)cccc32)CCN1c1ccc(S(=O)(=O)Nc2nccs2)cc1.[HH].[HH].[HH].[HH]. The van der Waals surface area contributed by atoms with Gasteiger partial charge in [0.1, 0.15) is 47.1 Å². The van der Waals surface area contributed by atoms with Crippen LogP contribution in [0, 0.1) is 18.7 Å². The first-order valence-corrected chi connectivity index (χ1v) is 52.0. The summed E-state index contributed by atoms with van der Waals surface area (Å²) in [5.74, 6) is -0.130. The van der Waals surface area contributed by atoms with Gasteiger partial charge in [-0.25, -0.2) is 63.0 Å². The summed E-state index contributed by atoms with van der Waals surface area (Å²) < 4.78 is 138. The van der Waals surface area contributed by atoms with Crippen molar-refractivity contribution in [1.29, 1.82) is 0 Å². The fraction of sp³-hybridized carbons (Fsp3) is 0.247. The summed E-state index contributed by atoms with van der Waals surface area (Å²) in [4.78, 5) is 84.2. The molecule has 2 unspecified atom stereocenters. The normalized spacial score (nSPS) is 16.2. The lowest BCUT2D eigenvalue weighted by Crippen LogP contribution is -2.51. The van der Waals surface area contributed by atoms with E-state index < -0.39 is 52.0 Å². The van der Waals surface area contributed by atoms with Gasteiger partial charge in [0.15, 0.2) is 15.4 Å². The van der Waals surface area contributed by atoms with Crippen LogP contribution >= 0.6 is 57.2 Å². The predicted molar refractivity (Wildman–Crippen MR) is 525 cm³/mol. The van der Waals surface area contributed by atoms with Gasteiger partial charge in [0.2, 0.25) is 11.8 Å². The number of piperidine rings is 1. The Hall–Kier alpha value is -12.6. The molecule has 4 amide bonds. The van der Waals surface area contributed by atoms with Crippen LogP contribution in [0.15, 0.2) is 278 Å². The molecule has 5 aliphatic heterocycles. The molecule has 6 aromatic heterocycles. The largest absolute Gasteiger partial charge is 0.371 e. The Labute approximate surface area is 801 Å². The van der Waals surface area contributed by atoms with Gasteiger partial charge in [-0.05, 0) is 202 Å². The molecule has 0 spiro atoms. The molecule has 14 aromatic rings. The molecule has 41 heteroatoms. The molecule has 134 heavy (non-hydrogen) atoms. The first kappa shape index (κ1) is 94.6. The van der Waals surface area contributed by atoms with Gasteiger partial charge >= 0.3 is 0 Å². The Kier molecular flexibility index (Phi) is 29.6. The molecule has 11 heterocycles. The summed E-state index contributed by atoms with van der Waals surface area (Å²) in [6.45, 7) is 9.94. The number of thiazole rings is 3. The standard InChI is InChI=1S/C25H22ClFN4O4S2.C24H27N5O4S.C23H24N4O3S2.C21H17ClN4O3S2.4H2/c1-15-21(23(29-35-15)22-19(26)3-2-4-20(22)27)24(32)31-12-9-17(10-13-31)16-5-7-18(8-6-16)37(33,34)30-25-28-11-14-36-25;1-19(33-17-20-5-3-2-4-6-20)24(30)29-15-13-28(14-16-29)21-7-9-22(10-8-21)34(31,32)27-23-11-12-25-18-26-23;28-22(27-13-3-5-17-4-1-2-6-21(17)27)18-11-14-26(16-18)19-7-9-20(10-8-19)32(29,30)25-23-24-12-15-31-23;22-17-2-1-3-18-16(17)8-11-26(18)19-9-12-25(20(19)27)14-4-6-15(7-5-14)31(28,29)24-21-23-10-13-30-21;;;;/h2-8,11,14,17H,9-10,12-13H2,1H3,(H,28,30);2-12,18-19H,13-17H2,1H3,(H,25,26,27);1-2,4,6-10,12,15,18H,3,5,11,13-14,16H2,(H,24,25);1-8,10-11,13,19H,9,12H2,(H,23,24);4*1H/t;;;19-;;;;/m...0..../s1. The summed E-state index contributed by atoms with van der Waals surface area (Å²) in [6, 6.07) is 57.5. The van der Waals surface area contributed by atoms with E-state index in [1.54, 1.807) is 131 Å². The van der Waals surface area contributed by atoms with Crippen LogP contribution in [0.5, 0.6) is 0 Å². The molecule has 4 saturated heterocycles. The Bertz CT molecular complexity index is 6960. The van der Waals surface area contributed by atoms with Crippen molar-refractivity contribution >= 4 is 176 Å². The average molecular weight is 1990 g/mol. The Balaban J connectivity index is 0.000000164. The van der Waals surface area contributed by atoms with Crippen molar-refractivity contribution in [3.05, 3.63) is 298 Å². The molecule has 4 N–H and O–H groups in total. The summed E-state index contributed by atoms with van der Waals surface area (Å²) in [5.41, 5.74) is 8.06. The first-order chi connectivity index (χ1) is 64.6. The maximum absolute atomic E-state index is 14.5. The number of aryl methyl sites for hydroxylation is 2. The Morgan fingerprint density at radius 3 is 1.70 bits per heavy atom.